The molecule has 3 rings (SSSR count). The molecule has 2 atom stereocenters. The number of amides is 1. The lowest BCUT2D eigenvalue weighted by molar-refractivity contribution is -0.142. The molecule has 2 fully saturated rings. The van der Waals surface area contributed by atoms with Crippen molar-refractivity contribution in [1.82, 2.24) is 14.9 Å². The van der Waals surface area contributed by atoms with Crippen LogP contribution >= 0.6 is 0 Å². The van der Waals surface area contributed by atoms with Gasteiger partial charge in [-0.15, -0.1) is 0 Å². The van der Waals surface area contributed by atoms with Crippen molar-refractivity contribution in [1.29, 1.82) is 0 Å². The zero-order valence-corrected chi connectivity index (χ0v) is 21.2. The summed E-state index contributed by atoms with van der Waals surface area (Å²) in [6.45, 7) is 2.41. The molecule has 1 aromatic rings. The fraction of sp³-hybridized carbons (Fsp3) is 0.625. The minimum Gasteiger partial charge on any atom is -0.489 e. The molecule has 0 aliphatic heterocycles. The molecule has 0 aromatic carbocycles. The normalized spacial score (nSPS) is 23.0. The van der Waals surface area contributed by atoms with Crippen LogP contribution in [0.15, 0.2) is 17.8 Å². The number of hydrogen-bond acceptors (Lipinski definition) is 8. The lowest BCUT2D eigenvalue weighted by Gasteiger charge is -2.35. The molecule has 192 valence electrons. The Kier molecular flexibility index (Phi) is 8.53. The van der Waals surface area contributed by atoms with E-state index < -0.39 is 17.4 Å². The van der Waals surface area contributed by atoms with Gasteiger partial charge >= 0.3 is 12.1 Å². The highest BCUT2D eigenvalue weighted by molar-refractivity contribution is 6.26. The largest absolute Gasteiger partial charge is 0.489 e. The van der Waals surface area contributed by atoms with Crippen LogP contribution in [0.4, 0.5) is 4.79 Å². The van der Waals surface area contributed by atoms with E-state index >= 15 is 0 Å². The smallest absolute Gasteiger partial charge is 0.409 e. The maximum absolute atomic E-state index is 12.4. The van der Waals surface area contributed by atoms with Crippen LogP contribution in [0.25, 0.3) is 5.70 Å². The molecule has 1 amide bonds. The average Bonchev–Trinajstić information content (AvgIpc) is 2.77. The summed E-state index contributed by atoms with van der Waals surface area (Å²) >= 11 is 0. The third-order valence-corrected chi connectivity index (χ3v) is 7.19. The molecule has 2 unspecified atom stereocenters. The van der Waals surface area contributed by atoms with Gasteiger partial charge in [-0.2, -0.15) is 0 Å². The van der Waals surface area contributed by atoms with Crippen LogP contribution in [0.3, 0.4) is 0 Å². The quantitative estimate of drug-likeness (QED) is 0.270. The predicted molar refractivity (Wildman–Crippen MR) is 135 cm³/mol. The minimum atomic E-state index is -0.790. The lowest BCUT2D eigenvalue weighted by Crippen LogP contribution is -2.37. The number of pyridine rings is 1. The van der Waals surface area contributed by atoms with Crippen molar-refractivity contribution in [3.8, 4) is 5.75 Å². The maximum atomic E-state index is 12.4. The van der Waals surface area contributed by atoms with Gasteiger partial charge in [-0.1, -0.05) is 6.42 Å². The summed E-state index contributed by atoms with van der Waals surface area (Å²) in [6.07, 6.45) is 5.60. The van der Waals surface area contributed by atoms with Gasteiger partial charge in [0, 0.05) is 26.0 Å². The summed E-state index contributed by atoms with van der Waals surface area (Å²) in [5.74, 6) is 6.33. The van der Waals surface area contributed by atoms with E-state index in [1.54, 1.807) is 39.0 Å². The van der Waals surface area contributed by atoms with Gasteiger partial charge < -0.3 is 30.2 Å². The maximum Gasteiger partial charge on any atom is 0.409 e. The Balaban J connectivity index is 1.67. The monoisotopic (exact) mass is 487 g/mol. The van der Waals surface area contributed by atoms with E-state index in [1.165, 1.54) is 11.4 Å². The zero-order valence-electron chi connectivity index (χ0n) is 21.2. The Hall–Kier alpha value is -2.95. The molecule has 11 heteroatoms. The second-order valence-corrected chi connectivity index (χ2v) is 10.2. The molecular weight excluding hydrogens is 449 g/mol. The fourth-order valence-corrected chi connectivity index (χ4v) is 4.62. The van der Waals surface area contributed by atoms with Gasteiger partial charge in [0.1, 0.15) is 20.2 Å². The number of likely N-dealkylation sites (N-methyl/N-ethyl adjacent to an activating group) is 1. The summed E-state index contributed by atoms with van der Waals surface area (Å²) in [5, 5.41) is 10.1. The molecule has 0 radical (unpaired) electrons. The highest BCUT2D eigenvalue weighted by Crippen LogP contribution is 2.41. The van der Waals surface area contributed by atoms with Gasteiger partial charge in [-0.05, 0) is 63.5 Å². The van der Waals surface area contributed by atoms with Gasteiger partial charge in [-0.25, -0.2) is 15.6 Å². The van der Waals surface area contributed by atoms with Crippen LogP contribution < -0.4 is 16.3 Å². The molecular formula is C24H38BN5O5. The van der Waals surface area contributed by atoms with Gasteiger partial charge in [0.2, 0.25) is 0 Å². The molecule has 2 saturated carbocycles. The summed E-state index contributed by atoms with van der Waals surface area (Å²) in [7, 11) is 5.13. The Labute approximate surface area is 208 Å². The predicted octanol–water partition coefficient (Wildman–Crippen LogP) is 1.89. The fourth-order valence-electron chi connectivity index (χ4n) is 4.62. The van der Waals surface area contributed by atoms with Gasteiger partial charge in [0.15, 0.2) is 0 Å². The van der Waals surface area contributed by atoms with Crippen molar-refractivity contribution in [3.05, 3.63) is 29.2 Å². The molecule has 1 heterocycles. The van der Waals surface area contributed by atoms with E-state index in [0.717, 1.165) is 25.7 Å². The first-order valence-corrected chi connectivity index (χ1v) is 12.2. The molecule has 5 N–H and O–H groups in total. The van der Waals surface area contributed by atoms with E-state index in [9.17, 15) is 14.7 Å². The zero-order chi connectivity index (χ0) is 25.8. The lowest BCUT2D eigenvalue weighted by atomic mass is 9.59. The van der Waals surface area contributed by atoms with Crippen LogP contribution in [0.2, 0.25) is 5.31 Å². The number of hydrogen-bond donors (Lipinski definition) is 3. The van der Waals surface area contributed by atoms with Crippen molar-refractivity contribution in [2.75, 3.05) is 27.2 Å². The second-order valence-electron chi connectivity index (χ2n) is 10.2. The van der Waals surface area contributed by atoms with E-state index in [2.05, 4.69) is 4.98 Å². The molecule has 0 spiro atoms. The third kappa shape index (κ3) is 6.59. The number of aromatic nitrogens is 1. The standard InChI is InChI=1S/C24H38BN5O5/c1-15-20(35-17-8-5-11-24(25,12-17)22(31)32)10-9-18(28-15)21(26)19(30(3)27)14-34-23(33)29(2)13-16-6-4-7-16/h9-10,16-17H,4-8,11-14,25-27H2,1-3H3,(H,31,32)/b21-19-. The summed E-state index contributed by atoms with van der Waals surface area (Å²) in [6, 6.07) is 3.51. The Morgan fingerprint density at radius 1 is 1.26 bits per heavy atom. The Bertz CT molecular complexity index is 968. The van der Waals surface area contributed by atoms with Gasteiger partial charge in [-0.3, -0.25) is 4.79 Å². The van der Waals surface area contributed by atoms with E-state index in [-0.39, 0.29) is 12.7 Å². The minimum absolute atomic E-state index is 0.0818. The molecule has 0 bridgehead atoms. The number of ether oxygens (including phenoxy) is 2. The van der Waals surface area contributed by atoms with E-state index in [1.807, 2.05) is 6.92 Å². The number of carboxylic acid groups (broad SMARTS) is 1. The summed E-state index contributed by atoms with van der Waals surface area (Å²) < 4.78 is 11.6. The molecule has 10 nitrogen and oxygen atoms in total. The molecule has 35 heavy (non-hydrogen) atoms. The van der Waals surface area contributed by atoms with E-state index in [4.69, 9.17) is 21.1 Å². The Morgan fingerprint density at radius 3 is 2.54 bits per heavy atom. The van der Waals surface area contributed by atoms with Crippen LogP contribution in [0.5, 0.6) is 5.75 Å². The Morgan fingerprint density at radius 2 is 1.97 bits per heavy atom. The number of carbonyl (C=O) groups is 2. The number of nitrogens with two attached hydrogens (primary N) is 2. The highest BCUT2D eigenvalue weighted by Gasteiger charge is 2.39. The van der Waals surface area contributed by atoms with Crippen LogP contribution in [-0.4, -0.2) is 73.3 Å². The van der Waals surface area contributed by atoms with Crippen LogP contribution in [0.1, 0.15) is 56.3 Å². The van der Waals surface area contributed by atoms with Crippen molar-refractivity contribution in [2.24, 2.45) is 17.5 Å². The number of nitrogens with zero attached hydrogens (tertiary/aromatic N) is 3. The summed E-state index contributed by atoms with van der Waals surface area (Å²) in [5.41, 5.74) is 8.22. The topological polar surface area (TPSA) is 144 Å². The number of rotatable bonds is 9. The molecule has 1 aromatic heterocycles. The van der Waals surface area contributed by atoms with Crippen molar-refractivity contribution < 1.29 is 24.2 Å². The molecule has 2 aliphatic carbocycles. The summed E-state index contributed by atoms with van der Waals surface area (Å²) in [4.78, 5) is 30.2. The SMILES string of the molecule is BC1(C(=O)O)CCCC(Oc2ccc(/C(N)=C(\COC(=O)N(C)CC3CCC3)N(C)N)nc2C)C1. The molecule has 0 saturated heterocycles. The first-order chi connectivity index (χ1) is 16.5. The number of aliphatic carboxylic acids is 1. The number of hydrazine groups is 1. The molecule has 2 aliphatic rings. The van der Waals surface area contributed by atoms with Crippen molar-refractivity contribution >= 4 is 25.6 Å². The van der Waals surface area contributed by atoms with Crippen molar-refractivity contribution in [3.63, 3.8) is 0 Å². The van der Waals surface area contributed by atoms with E-state index in [0.29, 0.717) is 53.8 Å². The van der Waals surface area contributed by atoms with Gasteiger partial charge in [0.25, 0.3) is 0 Å². The number of carbonyl (C=O) groups excluding carboxylic acids is 1. The number of aryl methyl sites for hydroxylation is 1. The van der Waals surface area contributed by atoms with Gasteiger partial charge in [0.05, 0.1) is 28.9 Å². The first kappa shape index (κ1) is 26.7. The third-order valence-electron chi connectivity index (χ3n) is 7.19. The number of carboxylic acids is 1. The average molecular weight is 487 g/mol. The van der Waals surface area contributed by atoms with Crippen LogP contribution in [-0.2, 0) is 9.53 Å². The second kappa shape index (κ2) is 11.2. The van der Waals surface area contributed by atoms with Crippen molar-refractivity contribution in [2.45, 2.75) is 63.3 Å². The first-order valence-electron chi connectivity index (χ1n) is 12.2. The van der Waals surface area contributed by atoms with Crippen LogP contribution in [0, 0.1) is 12.8 Å². The highest BCUT2D eigenvalue weighted by atomic mass is 16.6.